The summed E-state index contributed by atoms with van der Waals surface area (Å²) in [6, 6.07) is 12.9. The monoisotopic (exact) mass is 514 g/mol. The molecular weight excluding hydrogens is 491 g/mol. The van der Waals surface area contributed by atoms with Crippen molar-refractivity contribution in [2.24, 2.45) is 0 Å². The topological polar surface area (TPSA) is 64.4 Å². The Hall–Kier alpha value is -2.80. The predicted octanol–water partition coefficient (Wildman–Crippen LogP) is 7.93. The number of halogens is 2. The molecule has 0 aliphatic carbocycles. The van der Waals surface area contributed by atoms with Crippen LogP contribution in [0.5, 0.6) is 5.75 Å². The molecule has 2 aromatic carbocycles. The highest BCUT2D eigenvalue weighted by molar-refractivity contribution is 7.17. The van der Waals surface area contributed by atoms with Gasteiger partial charge in [-0.25, -0.2) is 9.48 Å². The molecule has 8 heteroatoms. The first-order valence-electron chi connectivity index (χ1n) is 10.8. The van der Waals surface area contributed by atoms with E-state index in [-0.39, 0.29) is 12.5 Å². The fraction of sp³-hybridized carbons (Fsp3) is 0.231. The van der Waals surface area contributed by atoms with Crippen LogP contribution in [-0.2, 0) is 6.61 Å². The second-order valence-electron chi connectivity index (χ2n) is 8.38. The maximum atomic E-state index is 11.3. The Morgan fingerprint density at radius 3 is 2.41 bits per heavy atom. The van der Waals surface area contributed by atoms with Crippen LogP contribution in [0.15, 0.2) is 48.7 Å². The van der Waals surface area contributed by atoms with Crippen LogP contribution in [0, 0.1) is 13.8 Å². The number of aromatic nitrogens is 2. The summed E-state index contributed by atoms with van der Waals surface area (Å²) >= 11 is 14.2. The number of aromatic carboxylic acids is 1. The summed E-state index contributed by atoms with van der Waals surface area (Å²) < 4.78 is 7.94. The molecule has 0 bridgehead atoms. The molecule has 0 atom stereocenters. The normalized spacial score (nSPS) is 11.3. The number of aryl methyl sites for hydroxylation is 2. The second-order valence-corrected chi connectivity index (χ2v) is 10.2. The van der Waals surface area contributed by atoms with Crippen molar-refractivity contribution < 1.29 is 14.6 Å². The molecule has 0 saturated carbocycles. The number of carbonyl (C=O) groups is 1. The summed E-state index contributed by atoms with van der Waals surface area (Å²) in [5, 5.41) is 14.9. The molecule has 0 fully saturated rings. The maximum Gasteiger partial charge on any atom is 0.345 e. The SMILES string of the molecule is Cc1cc(OCc2c(C(C)C)cnn2-c2c(Cl)cccc2Cl)ccc1-c1sc(C(=O)O)cc1C. The number of ether oxygens (including phenoxy) is 1. The molecule has 0 aliphatic rings. The third kappa shape index (κ3) is 4.71. The van der Waals surface area contributed by atoms with Crippen molar-refractivity contribution in [2.45, 2.75) is 40.2 Å². The molecule has 34 heavy (non-hydrogen) atoms. The summed E-state index contributed by atoms with van der Waals surface area (Å²) in [7, 11) is 0. The Labute approximate surface area is 212 Å². The molecule has 0 aliphatic heterocycles. The zero-order valence-electron chi connectivity index (χ0n) is 19.2. The van der Waals surface area contributed by atoms with Crippen LogP contribution < -0.4 is 4.74 Å². The van der Waals surface area contributed by atoms with Crippen molar-refractivity contribution in [2.75, 3.05) is 0 Å². The van der Waals surface area contributed by atoms with Crippen LogP contribution >= 0.6 is 34.5 Å². The Balaban J connectivity index is 1.64. The summed E-state index contributed by atoms with van der Waals surface area (Å²) in [6.45, 7) is 8.42. The highest BCUT2D eigenvalue weighted by Gasteiger charge is 2.20. The highest BCUT2D eigenvalue weighted by Crippen LogP contribution is 2.36. The van der Waals surface area contributed by atoms with Gasteiger partial charge in [0, 0.05) is 4.88 Å². The minimum Gasteiger partial charge on any atom is -0.487 e. The van der Waals surface area contributed by atoms with E-state index in [0.717, 1.165) is 32.8 Å². The average molecular weight is 515 g/mol. The number of para-hydroxylation sites is 1. The molecule has 0 spiro atoms. The van der Waals surface area contributed by atoms with Gasteiger partial charge < -0.3 is 9.84 Å². The lowest BCUT2D eigenvalue weighted by Gasteiger charge is -2.15. The molecule has 176 valence electrons. The Morgan fingerprint density at radius 1 is 1.12 bits per heavy atom. The Kier molecular flexibility index (Phi) is 7.03. The van der Waals surface area contributed by atoms with E-state index in [0.29, 0.717) is 26.4 Å². The minimum atomic E-state index is -0.909. The van der Waals surface area contributed by atoms with E-state index in [9.17, 15) is 9.90 Å². The lowest BCUT2D eigenvalue weighted by molar-refractivity contribution is 0.0702. The number of hydrogen-bond acceptors (Lipinski definition) is 4. The van der Waals surface area contributed by atoms with E-state index in [1.165, 1.54) is 11.3 Å². The number of nitrogens with zero attached hydrogens (tertiary/aromatic N) is 2. The number of rotatable bonds is 7. The summed E-state index contributed by atoms with van der Waals surface area (Å²) in [5.41, 5.74) is 5.52. The van der Waals surface area contributed by atoms with Gasteiger partial charge in [0.2, 0.25) is 0 Å². The van der Waals surface area contributed by atoms with E-state index in [1.54, 1.807) is 28.9 Å². The van der Waals surface area contributed by atoms with Gasteiger partial charge >= 0.3 is 5.97 Å². The summed E-state index contributed by atoms with van der Waals surface area (Å²) in [4.78, 5) is 12.6. The van der Waals surface area contributed by atoms with Gasteiger partial charge in [-0.1, -0.05) is 43.1 Å². The van der Waals surface area contributed by atoms with Gasteiger partial charge in [-0.2, -0.15) is 5.10 Å². The maximum absolute atomic E-state index is 11.3. The smallest absolute Gasteiger partial charge is 0.345 e. The van der Waals surface area contributed by atoms with Crippen LogP contribution in [0.1, 0.15) is 51.8 Å². The third-order valence-corrected chi connectivity index (χ3v) is 7.49. The van der Waals surface area contributed by atoms with E-state index >= 15 is 0 Å². The van der Waals surface area contributed by atoms with E-state index < -0.39 is 5.97 Å². The first-order valence-corrected chi connectivity index (χ1v) is 12.3. The lowest BCUT2D eigenvalue weighted by Crippen LogP contribution is -2.09. The van der Waals surface area contributed by atoms with E-state index in [1.807, 2.05) is 38.2 Å². The predicted molar refractivity (Wildman–Crippen MR) is 138 cm³/mol. The van der Waals surface area contributed by atoms with Gasteiger partial charge in [0.1, 0.15) is 22.9 Å². The van der Waals surface area contributed by atoms with Gasteiger partial charge in [-0.3, -0.25) is 0 Å². The molecule has 0 radical (unpaired) electrons. The molecule has 5 nitrogen and oxygen atoms in total. The van der Waals surface area contributed by atoms with Crippen molar-refractivity contribution in [3.05, 3.63) is 86.0 Å². The molecule has 1 N–H and O–H groups in total. The quantitative estimate of drug-likeness (QED) is 0.272. The van der Waals surface area contributed by atoms with Gasteiger partial charge in [-0.05, 0) is 78.4 Å². The average Bonchev–Trinajstić information content (AvgIpc) is 3.36. The van der Waals surface area contributed by atoms with E-state index in [2.05, 4.69) is 18.9 Å². The third-order valence-electron chi connectivity index (χ3n) is 5.62. The van der Waals surface area contributed by atoms with Gasteiger partial charge in [-0.15, -0.1) is 11.3 Å². The van der Waals surface area contributed by atoms with Crippen molar-refractivity contribution in [1.29, 1.82) is 0 Å². The molecule has 2 heterocycles. The molecule has 0 amide bonds. The fourth-order valence-corrected chi connectivity index (χ4v) is 5.54. The largest absolute Gasteiger partial charge is 0.487 e. The van der Waals surface area contributed by atoms with Crippen LogP contribution in [0.3, 0.4) is 0 Å². The molecular formula is C26H24Cl2N2O3S. The summed E-state index contributed by atoms with van der Waals surface area (Å²) in [5.74, 6) is 0.0396. The standard InChI is InChI=1S/C26H24Cl2N2O3S/c1-14(2)19-12-29-30(24-20(27)6-5-7-21(24)28)22(19)13-33-17-8-9-18(15(3)10-17)25-16(4)11-23(34-25)26(31)32/h5-12,14H,13H2,1-4H3,(H,31,32). The van der Waals surface area contributed by atoms with E-state index in [4.69, 9.17) is 27.9 Å². The van der Waals surface area contributed by atoms with Gasteiger partial charge in [0.15, 0.2) is 0 Å². The zero-order chi connectivity index (χ0) is 24.6. The van der Waals surface area contributed by atoms with Crippen LogP contribution in [0.2, 0.25) is 10.0 Å². The zero-order valence-corrected chi connectivity index (χ0v) is 21.6. The van der Waals surface area contributed by atoms with Crippen LogP contribution in [0.4, 0.5) is 0 Å². The van der Waals surface area contributed by atoms with Crippen molar-refractivity contribution in [1.82, 2.24) is 9.78 Å². The molecule has 4 aromatic rings. The first-order chi connectivity index (χ1) is 16.2. The fourth-order valence-electron chi connectivity index (χ4n) is 3.88. The van der Waals surface area contributed by atoms with Gasteiger partial charge in [0.05, 0.1) is 21.9 Å². The summed E-state index contributed by atoms with van der Waals surface area (Å²) in [6.07, 6.45) is 1.83. The number of benzene rings is 2. The number of carboxylic acid groups (broad SMARTS) is 1. The van der Waals surface area contributed by atoms with Gasteiger partial charge in [0.25, 0.3) is 0 Å². The first kappa shape index (κ1) is 24.3. The number of hydrogen-bond donors (Lipinski definition) is 1. The van der Waals surface area contributed by atoms with Crippen molar-refractivity contribution in [3.8, 4) is 21.9 Å². The minimum absolute atomic E-state index is 0.239. The number of carboxylic acids is 1. The lowest BCUT2D eigenvalue weighted by atomic mass is 10.0. The van der Waals surface area contributed by atoms with Crippen molar-refractivity contribution in [3.63, 3.8) is 0 Å². The van der Waals surface area contributed by atoms with Crippen LogP contribution in [0.25, 0.3) is 16.1 Å². The van der Waals surface area contributed by atoms with Crippen LogP contribution in [-0.4, -0.2) is 20.9 Å². The Morgan fingerprint density at radius 2 is 1.82 bits per heavy atom. The van der Waals surface area contributed by atoms with Crippen molar-refractivity contribution >= 4 is 40.5 Å². The number of thiophene rings is 1. The molecule has 0 saturated heterocycles. The molecule has 0 unspecified atom stereocenters. The second kappa shape index (κ2) is 9.82. The highest BCUT2D eigenvalue weighted by atomic mass is 35.5. The molecule has 2 aromatic heterocycles. The molecule has 4 rings (SSSR count). The Bertz CT molecular complexity index is 1350.